The molecule has 2 amide bonds. The van der Waals surface area contributed by atoms with Crippen molar-refractivity contribution < 1.29 is 14.3 Å². The third-order valence-electron chi connectivity index (χ3n) is 4.76. The lowest BCUT2D eigenvalue weighted by molar-refractivity contribution is -0.122. The Kier molecular flexibility index (Phi) is 6.52. The number of anilines is 2. The molecule has 0 radical (unpaired) electrons. The van der Waals surface area contributed by atoms with Crippen LogP contribution in [0.25, 0.3) is 0 Å². The highest BCUT2D eigenvalue weighted by molar-refractivity contribution is 6.04. The van der Waals surface area contributed by atoms with Crippen LogP contribution in [-0.4, -0.2) is 17.9 Å². The van der Waals surface area contributed by atoms with Gasteiger partial charge < -0.3 is 15.4 Å². The highest BCUT2D eigenvalue weighted by Crippen LogP contribution is 2.19. The highest BCUT2D eigenvalue weighted by atomic mass is 16.5. The van der Waals surface area contributed by atoms with Crippen molar-refractivity contribution in [3.05, 3.63) is 89.0 Å². The predicted octanol–water partition coefficient (Wildman–Crippen LogP) is 5.27. The first kappa shape index (κ1) is 21.1. The van der Waals surface area contributed by atoms with Crippen LogP contribution < -0.4 is 15.4 Å². The Bertz CT molecular complexity index is 1040. The molecule has 0 aliphatic heterocycles. The molecule has 0 saturated carbocycles. The van der Waals surface area contributed by atoms with Gasteiger partial charge in [0, 0.05) is 16.9 Å². The summed E-state index contributed by atoms with van der Waals surface area (Å²) < 4.78 is 5.74. The Morgan fingerprint density at radius 2 is 1.43 bits per heavy atom. The van der Waals surface area contributed by atoms with Gasteiger partial charge in [0.2, 0.25) is 0 Å². The van der Waals surface area contributed by atoms with Crippen LogP contribution in [0.3, 0.4) is 0 Å². The smallest absolute Gasteiger partial charge is 0.265 e. The van der Waals surface area contributed by atoms with Crippen molar-refractivity contribution in [1.82, 2.24) is 0 Å². The quantitative estimate of drug-likeness (QED) is 0.590. The van der Waals surface area contributed by atoms with Crippen LogP contribution in [0.2, 0.25) is 0 Å². The lowest BCUT2D eigenvalue weighted by atomic mass is 10.1. The van der Waals surface area contributed by atoms with E-state index in [1.165, 1.54) is 0 Å². The number of carbonyl (C=O) groups excluding carboxylic acids is 2. The van der Waals surface area contributed by atoms with E-state index in [9.17, 15) is 9.59 Å². The van der Waals surface area contributed by atoms with Gasteiger partial charge in [-0.25, -0.2) is 0 Å². The van der Waals surface area contributed by atoms with Crippen LogP contribution in [0.15, 0.2) is 66.7 Å². The number of aryl methyl sites for hydroxylation is 3. The summed E-state index contributed by atoms with van der Waals surface area (Å²) in [6.45, 7) is 7.61. The van der Waals surface area contributed by atoms with Crippen molar-refractivity contribution in [3.8, 4) is 5.75 Å². The minimum absolute atomic E-state index is 0.203. The van der Waals surface area contributed by atoms with Crippen LogP contribution in [0.1, 0.15) is 34.0 Å². The van der Waals surface area contributed by atoms with Crippen molar-refractivity contribution in [2.24, 2.45) is 0 Å². The Labute approximate surface area is 177 Å². The largest absolute Gasteiger partial charge is 0.481 e. The first-order valence-corrected chi connectivity index (χ1v) is 9.84. The molecule has 0 aliphatic carbocycles. The van der Waals surface area contributed by atoms with Gasteiger partial charge >= 0.3 is 0 Å². The third-order valence-corrected chi connectivity index (χ3v) is 4.76. The Hall–Kier alpha value is -3.60. The van der Waals surface area contributed by atoms with Crippen LogP contribution in [0.4, 0.5) is 11.4 Å². The predicted molar refractivity (Wildman–Crippen MR) is 120 cm³/mol. The average molecular weight is 402 g/mol. The van der Waals surface area contributed by atoms with Crippen molar-refractivity contribution in [3.63, 3.8) is 0 Å². The lowest BCUT2D eigenvalue weighted by Gasteiger charge is -2.16. The summed E-state index contributed by atoms with van der Waals surface area (Å²) in [5.41, 5.74) is 5.22. The molecule has 5 nitrogen and oxygen atoms in total. The fourth-order valence-electron chi connectivity index (χ4n) is 2.89. The molecule has 0 saturated heterocycles. The van der Waals surface area contributed by atoms with Crippen LogP contribution in [-0.2, 0) is 4.79 Å². The molecule has 30 heavy (non-hydrogen) atoms. The van der Waals surface area contributed by atoms with E-state index in [2.05, 4.69) is 10.6 Å². The second-order valence-electron chi connectivity index (χ2n) is 7.41. The first-order chi connectivity index (χ1) is 14.3. The normalized spacial score (nSPS) is 11.5. The summed E-state index contributed by atoms with van der Waals surface area (Å²) in [7, 11) is 0. The van der Waals surface area contributed by atoms with Gasteiger partial charge in [0.15, 0.2) is 6.10 Å². The van der Waals surface area contributed by atoms with Gasteiger partial charge in [0.25, 0.3) is 11.8 Å². The van der Waals surface area contributed by atoms with Gasteiger partial charge in [-0.05, 0) is 81.3 Å². The molecular formula is C25H26N2O3. The summed E-state index contributed by atoms with van der Waals surface area (Å²) in [6.07, 6.45) is -0.683. The summed E-state index contributed by atoms with van der Waals surface area (Å²) in [5, 5.41) is 5.76. The molecule has 3 aromatic rings. The van der Waals surface area contributed by atoms with Crippen molar-refractivity contribution in [1.29, 1.82) is 0 Å². The minimum Gasteiger partial charge on any atom is -0.481 e. The molecule has 0 spiro atoms. The number of amides is 2. The molecule has 5 heteroatoms. The van der Waals surface area contributed by atoms with Crippen molar-refractivity contribution in [2.75, 3.05) is 10.6 Å². The van der Waals surface area contributed by atoms with Gasteiger partial charge in [-0.2, -0.15) is 0 Å². The molecule has 3 rings (SSSR count). The monoisotopic (exact) mass is 402 g/mol. The molecule has 0 fully saturated rings. The standard InChI is InChI=1S/C25H26N2O3/c1-16-6-11-21(12-7-16)26-25(29)20-9-13-22(14-10-20)30-19(4)24(28)27-23-15-17(2)5-8-18(23)3/h5-15,19H,1-4H3,(H,26,29)(H,27,28)/t19-/m1/s1. The molecule has 0 bridgehead atoms. The molecule has 0 unspecified atom stereocenters. The zero-order valence-corrected chi connectivity index (χ0v) is 17.7. The van der Waals surface area contributed by atoms with Gasteiger partial charge in [-0.3, -0.25) is 9.59 Å². The number of benzene rings is 3. The number of rotatable bonds is 6. The van der Waals surface area contributed by atoms with Gasteiger partial charge in [0.05, 0.1) is 0 Å². The average Bonchev–Trinajstić information content (AvgIpc) is 2.72. The minimum atomic E-state index is -0.683. The number of carbonyl (C=O) groups is 2. The maximum Gasteiger partial charge on any atom is 0.265 e. The van der Waals surface area contributed by atoms with Crippen molar-refractivity contribution >= 4 is 23.2 Å². The molecule has 1 atom stereocenters. The third kappa shape index (κ3) is 5.47. The van der Waals surface area contributed by atoms with E-state index in [1.54, 1.807) is 31.2 Å². The second kappa shape index (κ2) is 9.27. The van der Waals surface area contributed by atoms with E-state index in [-0.39, 0.29) is 11.8 Å². The van der Waals surface area contributed by atoms with E-state index >= 15 is 0 Å². The van der Waals surface area contributed by atoms with Crippen LogP contribution >= 0.6 is 0 Å². The molecule has 0 aliphatic rings. The molecule has 0 heterocycles. The molecule has 3 aromatic carbocycles. The maximum absolute atomic E-state index is 12.5. The van der Waals surface area contributed by atoms with E-state index in [4.69, 9.17) is 4.74 Å². The van der Waals surface area contributed by atoms with Crippen molar-refractivity contribution in [2.45, 2.75) is 33.8 Å². The first-order valence-electron chi connectivity index (χ1n) is 9.84. The number of hydrogen-bond acceptors (Lipinski definition) is 3. The maximum atomic E-state index is 12.5. The highest BCUT2D eigenvalue weighted by Gasteiger charge is 2.16. The van der Waals surface area contributed by atoms with Gasteiger partial charge in [-0.15, -0.1) is 0 Å². The van der Waals surface area contributed by atoms with Gasteiger partial charge in [-0.1, -0.05) is 29.8 Å². The van der Waals surface area contributed by atoms with E-state index in [0.29, 0.717) is 11.3 Å². The molecular weight excluding hydrogens is 376 g/mol. The molecule has 2 N–H and O–H groups in total. The fourth-order valence-corrected chi connectivity index (χ4v) is 2.89. The van der Waals surface area contributed by atoms with Crippen LogP contribution in [0, 0.1) is 20.8 Å². The Balaban J connectivity index is 1.59. The molecule has 154 valence electrons. The van der Waals surface area contributed by atoms with Crippen LogP contribution in [0.5, 0.6) is 5.75 Å². The number of hydrogen-bond donors (Lipinski definition) is 2. The second-order valence-corrected chi connectivity index (χ2v) is 7.41. The van der Waals surface area contributed by atoms with E-state index < -0.39 is 6.10 Å². The Morgan fingerprint density at radius 3 is 2.10 bits per heavy atom. The fraction of sp³-hybridized carbons (Fsp3) is 0.200. The van der Waals surface area contributed by atoms with Gasteiger partial charge in [0.1, 0.15) is 5.75 Å². The summed E-state index contributed by atoms with van der Waals surface area (Å²) in [6, 6.07) is 20.2. The SMILES string of the molecule is Cc1ccc(NC(=O)c2ccc(O[C@H](C)C(=O)Nc3cc(C)ccc3C)cc2)cc1. The van der Waals surface area contributed by atoms with E-state index in [0.717, 1.165) is 28.1 Å². The topological polar surface area (TPSA) is 67.4 Å². The summed E-state index contributed by atoms with van der Waals surface area (Å²) in [4.78, 5) is 24.9. The molecule has 0 aromatic heterocycles. The summed E-state index contributed by atoms with van der Waals surface area (Å²) in [5.74, 6) is 0.0847. The number of ether oxygens (including phenoxy) is 1. The lowest BCUT2D eigenvalue weighted by Crippen LogP contribution is -2.30. The Morgan fingerprint density at radius 1 is 0.800 bits per heavy atom. The van der Waals surface area contributed by atoms with E-state index in [1.807, 2.05) is 63.2 Å². The summed E-state index contributed by atoms with van der Waals surface area (Å²) >= 11 is 0. The zero-order valence-electron chi connectivity index (χ0n) is 17.7. The number of nitrogens with one attached hydrogen (secondary N) is 2. The zero-order chi connectivity index (χ0) is 21.7.